The lowest BCUT2D eigenvalue weighted by molar-refractivity contribution is 0.613. The van der Waals surface area contributed by atoms with Gasteiger partial charge in [-0.05, 0) is 32.0 Å². The Morgan fingerprint density at radius 3 is 2.38 bits per heavy atom. The molecule has 0 aromatic heterocycles. The predicted octanol–water partition coefficient (Wildman–Crippen LogP) is -0.576. The van der Waals surface area contributed by atoms with E-state index in [1.807, 2.05) is 0 Å². The van der Waals surface area contributed by atoms with Gasteiger partial charge in [-0.15, -0.1) is 0 Å². The summed E-state index contributed by atoms with van der Waals surface area (Å²) in [6.07, 6.45) is 0. The maximum absolute atomic E-state index is 3.35. The molecular formula is C6H12N2. The van der Waals surface area contributed by atoms with Crippen LogP contribution in [0.1, 0.15) is 0 Å². The molecule has 2 unspecified atom stereocenters. The van der Waals surface area contributed by atoms with Gasteiger partial charge in [-0.3, -0.25) is 0 Å². The minimum absolute atomic E-state index is 0.858. The van der Waals surface area contributed by atoms with Crippen LogP contribution < -0.4 is 10.6 Å². The van der Waals surface area contributed by atoms with E-state index in [1.54, 1.807) is 0 Å². The highest BCUT2D eigenvalue weighted by atomic mass is 15.1. The average Bonchev–Trinajstić information content (AvgIpc) is 2.22. The molecular weight excluding hydrogens is 100 g/mol. The van der Waals surface area contributed by atoms with Gasteiger partial charge >= 0.3 is 0 Å². The molecule has 1 heterocycles. The lowest BCUT2D eigenvalue weighted by atomic mass is 10.4. The fraction of sp³-hybridized carbons (Fsp3) is 1.00. The lowest BCUT2D eigenvalue weighted by Gasteiger charge is -1.99. The summed E-state index contributed by atoms with van der Waals surface area (Å²) in [4.78, 5) is 0. The second-order valence-electron chi connectivity index (χ2n) is 2.80. The Labute approximate surface area is 49.7 Å². The number of piperidine rings is 1. The van der Waals surface area contributed by atoms with Crippen LogP contribution in [0.2, 0.25) is 0 Å². The largest absolute Gasteiger partial charge is 0.316 e. The molecule has 2 aliphatic rings. The highest BCUT2D eigenvalue weighted by Crippen LogP contribution is 2.40. The summed E-state index contributed by atoms with van der Waals surface area (Å²) in [5.74, 6) is 1.94. The van der Waals surface area contributed by atoms with Crippen molar-refractivity contribution in [3.05, 3.63) is 0 Å². The van der Waals surface area contributed by atoms with E-state index < -0.39 is 0 Å². The van der Waals surface area contributed by atoms with Crippen LogP contribution in [0.5, 0.6) is 0 Å². The van der Waals surface area contributed by atoms with E-state index in [-0.39, 0.29) is 0 Å². The molecule has 1 aliphatic heterocycles. The lowest BCUT2D eigenvalue weighted by Crippen LogP contribution is -2.24. The molecule has 8 heavy (non-hydrogen) atoms. The monoisotopic (exact) mass is 112 g/mol. The molecule has 1 saturated carbocycles. The zero-order valence-corrected chi connectivity index (χ0v) is 5.15. The van der Waals surface area contributed by atoms with E-state index in [9.17, 15) is 0 Å². The predicted molar refractivity (Wildman–Crippen MR) is 32.7 cm³/mol. The molecule has 0 bridgehead atoms. The Morgan fingerprint density at radius 2 is 2.00 bits per heavy atom. The molecule has 2 heteroatoms. The van der Waals surface area contributed by atoms with Gasteiger partial charge in [-0.1, -0.05) is 0 Å². The third kappa shape index (κ3) is 0.446. The standard InChI is InChI=1S/C6H12N2/c1-7-6-4-2-8-3-5(4)6/h4-8H,2-3H2,1H3. The normalized spacial score (nSPS) is 51.4. The summed E-state index contributed by atoms with van der Waals surface area (Å²) in [7, 11) is 2.06. The van der Waals surface area contributed by atoms with E-state index in [0.717, 1.165) is 17.9 Å². The van der Waals surface area contributed by atoms with Gasteiger partial charge < -0.3 is 10.6 Å². The van der Waals surface area contributed by atoms with Crippen molar-refractivity contribution >= 4 is 0 Å². The van der Waals surface area contributed by atoms with E-state index in [0.29, 0.717) is 0 Å². The summed E-state index contributed by atoms with van der Waals surface area (Å²) in [5.41, 5.74) is 0. The van der Waals surface area contributed by atoms with E-state index >= 15 is 0 Å². The molecule has 2 rings (SSSR count). The minimum atomic E-state index is 0.858. The molecule has 1 saturated heterocycles. The van der Waals surface area contributed by atoms with Crippen molar-refractivity contribution in [3.8, 4) is 0 Å². The van der Waals surface area contributed by atoms with Crippen LogP contribution in [0.4, 0.5) is 0 Å². The van der Waals surface area contributed by atoms with Crippen molar-refractivity contribution in [2.24, 2.45) is 11.8 Å². The van der Waals surface area contributed by atoms with Crippen LogP contribution in [0.3, 0.4) is 0 Å². The van der Waals surface area contributed by atoms with E-state index in [4.69, 9.17) is 0 Å². The maximum atomic E-state index is 3.35. The molecule has 2 N–H and O–H groups in total. The number of nitrogens with one attached hydrogen (secondary N) is 2. The van der Waals surface area contributed by atoms with Crippen molar-refractivity contribution in [1.29, 1.82) is 0 Å². The van der Waals surface area contributed by atoms with Crippen molar-refractivity contribution in [1.82, 2.24) is 10.6 Å². The third-order valence-electron chi connectivity index (χ3n) is 2.43. The van der Waals surface area contributed by atoms with Crippen LogP contribution in [0.15, 0.2) is 0 Å². The van der Waals surface area contributed by atoms with Gasteiger partial charge in [-0.25, -0.2) is 0 Å². The topological polar surface area (TPSA) is 24.1 Å². The fourth-order valence-corrected chi connectivity index (χ4v) is 1.85. The minimum Gasteiger partial charge on any atom is -0.316 e. The van der Waals surface area contributed by atoms with Crippen molar-refractivity contribution in [2.45, 2.75) is 6.04 Å². The quantitative estimate of drug-likeness (QED) is 0.474. The van der Waals surface area contributed by atoms with Crippen molar-refractivity contribution < 1.29 is 0 Å². The Morgan fingerprint density at radius 1 is 1.38 bits per heavy atom. The van der Waals surface area contributed by atoms with Crippen LogP contribution >= 0.6 is 0 Å². The summed E-state index contributed by atoms with van der Waals surface area (Å²) in [6, 6.07) is 0.858. The Kier molecular flexibility index (Phi) is 0.866. The first-order chi connectivity index (χ1) is 3.93. The molecule has 0 aromatic rings. The first-order valence-electron chi connectivity index (χ1n) is 3.31. The van der Waals surface area contributed by atoms with Gasteiger partial charge in [0, 0.05) is 6.04 Å². The Balaban J connectivity index is 1.94. The highest BCUT2D eigenvalue weighted by Gasteiger charge is 2.51. The molecule has 0 radical (unpaired) electrons. The number of hydrogen-bond donors (Lipinski definition) is 2. The Hall–Kier alpha value is -0.0800. The third-order valence-corrected chi connectivity index (χ3v) is 2.43. The zero-order chi connectivity index (χ0) is 5.56. The second kappa shape index (κ2) is 1.45. The van der Waals surface area contributed by atoms with Gasteiger partial charge in [0.2, 0.25) is 0 Å². The summed E-state index contributed by atoms with van der Waals surface area (Å²) < 4.78 is 0. The zero-order valence-electron chi connectivity index (χ0n) is 5.15. The van der Waals surface area contributed by atoms with Gasteiger partial charge in [0.1, 0.15) is 0 Å². The second-order valence-corrected chi connectivity index (χ2v) is 2.80. The van der Waals surface area contributed by atoms with Gasteiger partial charge in [-0.2, -0.15) is 0 Å². The smallest absolute Gasteiger partial charge is 0.0152 e. The SMILES string of the molecule is CNC1C2CNCC21. The molecule has 2 fully saturated rings. The van der Waals surface area contributed by atoms with E-state index in [2.05, 4.69) is 17.7 Å². The molecule has 46 valence electrons. The van der Waals surface area contributed by atoms with E-state index in [1.165, 1.54) is 13.1 Å². The van der Waals surface area contributed by atoms with Gasteiger partial charge in [0.15, 0.2) is 0 Å². The molecule has 0 aromatic carbocycles. The number of rotatable bonds is 1. The number of hydrogen-bond acceptors (Lipinski definition) is 2. The molecule has 0 amide bonds. The fourth-order valence-electron chi connectivity index (χ4n) is 1.85. The number of fused-ring (bicyclic) bond motifs is 1. The average molecular weight is 112 g/mol. The summed E-state index contributed by atoms with van der Waals surface area (Å²) in [6.45, 7) is 2.49. The van der Waals surface area contributed by atoms with Gasteiger partial charge in [0.05, 0.1) is 0 Å². The van der Waals surface area contributed by atoms with Crippen LogP contribution in [0, 0.1) is 11.8 Å². The first-order valence-corrected chi connectivity index (χ1v) is 3.31. The van der Waals surface area contributed by atoms with Crippen molar-refractivity contribution in [3.63, 3.8) is 0 Å². The van der Waals surface area contributed by atoms with Crippen LogP contribution in [-0.4, -0.2) is 26.2 Å². The first kappa shape index (κ1) is 4.77. The van der Waals surface area contributed by atoms with Gasteiger partial charge in [0.25, 0.3) is 0 Å². The summed E-state index contributed by atoms with van der Waals surface area (Å²) in [5, 5.41) is 6.65. The molecule has 2 atom stereocenters. The molecule has 1 aliphatic carbocycles. The Bertz CT molecular complexity index is 85.9. The van der Waals surface area contributed by atoms with Crippen LogP contribution in [0.25, 0.3) is 0 Å². The maximum Gasteiger partial charge on any atom is 0.0152 e. The van der Waals surface area contributed by atoms with Crippen LogP contribution in [-0.2, 0) is 0 Å². The van der Waals surface area contributed by atoms with Crippen molar-refractivity contribution in [2.75, 3.05) is 20.1 Å². The summed E-state index contributed by atoms with van der Waals surface area (Å²) >= 11 is 0. The molecule has 2 nitrogen and oxygen atoms in total. The molecule has 0 spiro atoms. The highest BCUT2D eigenvalue weighted by molar-refractivity contribution is 5.08.